The molecule has 7 heteroatoms. The Morgan fingerprint density at radius 2 is 1.75 bits per heavy atom. The zero-order valence-electron chi connectivity index (χ0n) is 14.1. The summed E-state index contributed by atoms with van der Waals surface area (Å²) in [7, 11) is 0. The van der Waals surface area contributed by atoms with Crippen LogP contribution in [0.5, 0.6) is 5.75 Å². The minimum atomic E-state index is -0.729. The molecule has 0 radical (unpaired) electrons. The minimum Gasteiger partial charge on any atom is -0.481 e. The summed E-state index contributed by atoms with van der Waals surface area (Å²) < 4.78 is 10.2. The number of hydrogen-bond acceptors (Lipinski definition) is 5. The smallest absolute Gasteiger partial charge is 0.344 e. The molecule has 2 N–H and O–H groups in total. The number of benzene rings is 1. The highest BCUT2D eigenvalue weighted by molar-refractivity contribution is 5.95. The van der Waals surface area contributed by atoms with E-state index in [4.69, 9.17) is 9.47 Å². The van der Waals surface area contributed by atoms with Crippen molar-refractivity contribution >= 4 is 17.9 Å². The summed E-state index contributed by atoms with van der Waals surface area (Å²) in [6, 6.07) is 3.21. The van der Waals surface area contributed by atoms with Crippen LogP contribution in [0.25, 0.3) is 0 Å². The minimum absolute atomic E-state index is 0.224. The molecule has 0 aliphatic heterocycles. The summed E-state index contributed by atoms with van der Waals surface area (Å²) in [6.07, 6.45) is 1.47. The quantitative estimate of drug-likeness (QED) is 0.583. The Balaban J connectivity index is 2.38. The number of rotatable bonds is 7. The second-order valence-electron chi connectivity index (χ2n) is 5.22. The van der Waals surface area contributed by atoms with E-state index >= 15 is 0 Å². The van der Waals surface area contributed by atoms with Gasteiger partial charge in [0.2, 0.25) is 0 Å². The fourth-order valence-electron chi connectivity index (χ4n) is 2.09. The van der Waals surface area contributed by atoms with Gasteiger partial charge in [-0.05, 0) is 31.9 Å². The Morgan fingerprint density at radius 3 is 2.33 bits per heavy atom. The van der Waals surface area contributed by atoms with Gasteiger partial charge in [0.1, 0.15) is 5.75 Å². The third-order valence-corrected chi connectivity index (χ3v) is 2.96. The van der Waals surface area contributed by atoms with E-state index in [-0.39, 0.29) is 13.2 Å². The summed E-state index contributed by atoms with van der Waals surface area (Å²) in [5, 5.41) is 4.37. The molecule has 0 aliphatic carbocycles. The normalized spacial score (nSPS) is 9.79. The molecule has 1 aromatic carbocycles. The molecule has 0 bridgehead atoms. The van der Waals surface area contributed by atoms with Crippen molar-refractivity contribution in [2.75, 3.05) is 19.8 Å². The number of amides is 3. The molecule has 24 heavy (non-hydrogen) atoms. The highest BCUT2D eigenvalue weighted by Crippen LogP contribution is 2.24. The van der Waals surface area contributed by atoms with Crippen LogP contribution >= 0.6 is 0 Å². The Kier molecular flexibility index (Phi) is 7.48. The molecule has 7 nitrogen and oxygen atoms in total. The number of hydrogen-bond donors (Lipinski definition) is 2. The van der Waals surface area contributed by atoms with Crippen molar-refractivity contribution in [1.82, 2.24) is 10.6 Å². The average Bonchev–Trinajstić information content (AvgIpc) is 2.49. The Bertz CT molecular complexity index is 617. The lowest BCUT2D eigenvalue weighted by Crippen LogP contribution is -2.41. The van der Waals surface area contributed by atoms with Crippen LogP contribution in [0.15, 0.2) is 24.8 Å². The number of imide groups is 1. The number of ether oxygens (including phenoxy) is 2. The van der Waals surface area contributed by atoms with Gasteiger partial charge in [-0.3, -0.25) is 10.1 Å². The summed E-state index contributed by atoms with van der Waals surface area (Å²) >= 11 is 0. The Morgan fingerprint density at radius 1 is 1.12 bits per heavy atom. The van der Waals surface area contributed by atoms with E-state index < -0.39 is 24.5 Å². The number of esters is 1. The number of carbonyl (C=O) groups excluding carboxylic acids is 3. The predicted molar refractivity (Wildman–Crippen MR) is 88.8 cm³/mol. The molecule has 0 fully saturated rings. The van der Waals surface area contributed by atoms with Gasteiger partial charge in [0.05, 0.1) is 0 Å². The average molecular weight is 334 g/mol. The molecule has 1 rings (SSSR count). The van der Waals surface area contributed by atoms with Crippen LogP contribution in [0.3, 0.4) is 0 Å². The molecule has 0 spiro atoms. The van der Waals surface area contributed by atoms with Gasteiger partial charge >= 0.3 is 12.0 Å². The molecule has 0 atom stereocenters. The maximum atomic E-state index is 11.6. The number of nitrogens with one attached hydrogen (secondary N) is 2. The third-order valence-electron chi connectivity index (χ3n) is 2.96. The second-order valence-corrected chi connectivity index (χ2v) is 5.22. The fraction of sp³-hybridized carbons (Fsp3) is 0.353. The van der Waals surface area contributed by atoms with Gasteiger partial charge < -0.3 is 14.8 Å². The van der Waals surface area contributed by atoms with Gasteiger partial charge in [-0.2, -0.15) is 0 Å². The van der Waals surface area contributed by atoms with E-state index in [1.54, 1.807) is 0 Å². The molecule has 0 saturated heterocycles. The fourth-order valence-corrected chi connectivity index (χ4v) is 2.09. The van der Waals surface area contributed by atoms with Crippen molar-refractivity contribution in [3.05, 3.63) is 41.5 Å². The molecule has 0 aromatic heterocycles. The number of aryl methyl sites for hydroxylation is 3. The van der Waals surface area contributed by atoms with Crippen molar-refractivity contribution in [3.63, 3.8) is 0 Å². The third kappa shape index (κ3) is 6.51. The van der Waals surface area contributed by atoms with Crippen molar-refractivity contribution in [2.45, 2.75) is 20.8 Å². The van der Waals surface area contributed by atoms with Crippen LogP contribution in [0.1, 0.15) is 16.7 Å². The van der Waals surface area contributed by atoms with Gasteiger partial charge in [-0.25, -0.2) is 9.59 Å². The predicted octanol–water partition coefficient (Wildman–Crippen LogP) is 1.55. The van der Waals surface area contributed by atoms with Crippen molar-refractivity contribution in [2.24, 2.45) is 0 Å². The first-order valence-corrected chi connectivity index (χ1v) is 7.38. The molecule has 0 unspecified atom stereocenters. The lowest BCUT2D eigenvalue weighted by Gasteiger charge is -2.12. The van der Waals surface area contributed by atoms with E-state index in [0.29, 0.717) is 5.75 Å². The lowest BCUT2D eigenvalue weighted by atomic mass is 10.1. The van der Waals surface area contributed by atoms with Crippen LogP contribution in [-0.4, -0.2) is 37.7 Å². The first-order valence-electron chi connectivity index (χ1n) is 7.38. The van der Waals surface area contributed by atoms with Gasteiger partial charge in [0, 0.05) is 6.54 Å². The first kappa shape index (κ1) is 19.2. The Labute approximate surface area is 141 Å². The van der Waals surface area contributed by atoms with Crippen LogP contribution in [0.4, 0.5) is 4.79 Å². The summed E-state index contributed by atoms with van der Waals surface area (Å²) in [5.74, 6) is -0.811. The van der Waals surface area contributed by atoms with E-state index in [1.807, 2.05) is 38.2 Å². The molecule has 0 saturated carbocycles. The lowest BCUT2D eigenvalue weighted by molar-refractivity contribution is -0.150. The van der Waals surface area contributed by atoms with Gasteiger partial charge in [-0.15, -0.1) is 6.58 Å². The summed E-state index contributed by atoms with van der Waals surface area (Å²) in [4.78, 5) is 34.3. The van der Waals surface area contributed by atoms with E-state index in [9.17, 15) is 14.4 Å². The molecular formula is C17H22N2O5. The molecule has 1 aromatic rings. The molecule has 0 aliphatic rings. The highest BCUT2D eigenvalue weighted by Gasteiger charge is 2.12. The topological polar surface area (TPSA) is 93.7 Å². The first-order chi connectivity index (χ1) is 11.3. The maximum Gasteiger partial charge on any atom is 0.344 e. The van der Waals surface area contributed by atoms with Crippen LogP contribution in [0.2, 0.25) is 0 Å². The number of carbonyl (C=O) groups is 3. The van der Waals surface area contributed by atoms with Gasteiger partial charge in [-0.1, -0.05) is 23.8 Å². The van der Waals surface area contributed by atoms with Crippen LogP contribution < -0.4 is 15.4 Å². The van der Waals surface area contributed by atoms with Gasteiger partial charge in [0.15, 0.2) is 13.2 Å². The van der Waals surface area contributed by atoms with Crippen molar-refractivity contribution in [1.29, 1.82) is 0 Å². The highest BCUT2D eigenvalue weighted by atomic mass is 16.6. The monoisotopic (exact) mass is 334 g/mol. The standard InChI is InChI=1S/C17H22N2O5/c1-5-6-18-17(22)19-14(20)9-23-15(21)10-24-16-12(3)7-11(2)8-13(16)4/h5,7-8H,1,6,9-10H2,2-4H3,(H2,18,19,20,22). The van der Waals surface area contributed by atoms with E-state index in [2.05, 4.69) is 11.9 Å². The van der Waals surface area contributed by atoms with E-state index in [1.165, 1.54) is 6.08 Å². The number of urea groups is 1. The van der Waals surface area contributed by atoms with Crippen LogP contribution in [-0.2, 0) is 14.3 Å². The molecular weight excluding hydrogens is 312 g/mol. The Hall–Kier alpha value is -2.83. The summed E-state index contributed by atoms with van der Waals surface area (Å²) in [6.45, 7) is 8.51. The largest absolute Gasteiger partial charge is 0.481 e. The SMILES string of the molecule is C=CCNC(=O)NC(=O)COC(=O)COc1c(C)cc(C)cc1C. The zero-order chi connectivity index (χ0) is 18.1. The van der Waals surface area contributed by atoms with Crippen LogP contribution in [0, 0.1) is 20.8 Å². The molecule has 0 heterocycles. The summed E-state index contributed by atoms with van der Waals surface area (Å²) in [5.41, 5.74) is 2.93. The molecule has 130 valence electrons. The zero-order valence-corrected chi connectivity index (χ0v) is 14.1. The van der Waals surface area contributed by atoms with Crippen molar-refractivity contribution in [3.8, 4) is 5.75 Å². The molecule has 3 amide bonds. The van der Waals surface area contributed by atoms with Crippen molar-refractivity contribution < 1.29 is 23.9 Å². The van der Waals surface area contributed by atoms with Gasteiger partial charge in [0.25, 0.3) is 5.91 Å². The maximum absolute atomic E-state index is 11.6. The second kappa shape index (κ2) is 9.34. The van der Waals surface area contributed by atoms with E-state index in [0.717, 1.165) is 16.7 Å².